The van der Waals surface area contributed by atoms with Gasteiger partial charge >= 0.3 is 0 Å². The number of anilines is 2. The highest BCUT2D eigenvalue weighted by Gasteiger charge is 2.38. The maximum atomic E-state index is 11.1. The number of carbonyl (C=O) groups is 1. The van der Waals surface area contributed by atoms with Gasteiger partial charge in [-0.1, -0.05) is 23.8 Å². The van der Waals surface area contributed by atoms with Gasteiger partial charge in [0.25, 0.3) is 0 Å². The van der Waals surface area contributed by atoms with Crippen molar-refractivity contribution in [1.82, 2.24) is 0 Å². The first kappa shape index (κ1) is 14.5. The molecule has 0 radical (unpaired) electrons. The molecule has 1 aromatic rings. The number of allylic oxidation sites excluding steroid dienone is 2. The van der Waals surface area contributed by atoms with Crippen LogP contribution in [0.4, 0.5) is 11.4 Å². The number of nitrogens with one attached hydrogen (secondary N) is 2. The fraction of sp³-hybridized carbons (Fsp3) is 0.471. The summed E-state index contributed by atoms with van der Waals surface area (Å²) in [5, 5.41) is 6.85. The van der Waals surface area contributed by atoms with Crippen LogP contribution in [0.3, 0.4) is 0 Å². The molecule has 0 saturated heterocycles. The van der Waals surface area contributed by atoms with E-state index in [1.54, 1.807) is 0 Å². The fourth-order valence-corrected chi connectivity index (χ4v) is 3.89. The first-order chi connectivity index (χ1) is 10.0. The first-order valence-electron chi connectivity index (χ1n) is 7.55. The number of hydrogen-bond donors (Lipinski definition) is 2. The maximum Gasteiger partial charge on any atom is 0.221 e. The van der Waals surface area contributed by atoms with E-state index in [2.05, 4.69) is 29.7 Å². The average Bonchev–Trinajstić information content (AvgIpc) is 3.04. The van der Waals surface area contributed by atoms with Crippen molar-refractivity contribution >= 4 is 28.9 Å². The predicted octanol–water partition coefficient (Wildman–Crippen LogP) is 4.31. The Morgan fingerprint density at radius 1 is 1.33 bits per heavy atom. The molecule has 112 valence electrons. The number of halogens is 1. The Labute approximate surface area is 130 Å². The zero-order chi connectivity index (χ0) is 15.0. The molecule has 0 heterocycles. The van der Waals surface area contributed by atoms with Crippen LogP contribution in [-0.2, 0) is 4.79 Å². The minimum Gasteiger partial charge on any atom is -0.382 e. The van der Waals surface area contributed by atoms with Crippen LogP contribution < -0.4 is 10.6 Å². The molecule has 0 spiro atoms. The van der Waals surface area contributed by atoms with Crippen LogP contribution in [0.2, 0.25) is 5.02 Å². The van der Waals surface area contributed by atoms with Crippen LogP contribution >= 0.6 is 11.6 Å². The Bertz CT molecular complexity index is 584. The van der Waals surface area contributed by atoms with E-state index in [-0.39, 0.29) is 5.91 Å². The van der Waals surface area contributed by atoms with Crippen molar-refractivity contribution in [2.24, 2.45) is 17.8 Å². The minimum atomic E-state index is -0.111. The zero-order valence-corrected chi connectivity index (χ0v) is 13.2. The third-order valence-corrected chi connectivity index (χ3v) is 4.96. The van der Waals surface area contributed by atoms with Gasteiger partial charge in [-0.15, -0.1) is 0 Å². The van der Waals surface area contributed by atoms with Crippen molar-refractivity contribution in [3.8, 4) is 0 Å². The largest absolute Gasteiger partial charge is 0.382 e. The minimum absolute atomic E-state index is 0.111. The molecule has 1 aromatic carbocycles. The van der Waals surface area contributed by atoms with E-state index in [1.165, 1.54) is 19.8 Å². The fourth-order valence-electron chi connectivity index (χ4n) is 3.66. The molecule has 1 saturated carbocycles. The van der Waals surface area contributed by atoms with E-state index < -0.39 is 0 Å². The van der Waals surface area contributed by atoms with Crippen LogP contribution in [-0.4, -0.2) is 11.9 Å². The Hall–Kier alpha value is -1.48. The Morgan fingerprint density at radius 2 is 2.14 bits per heavy atom. The van der Waals surface area contributed by atoms with Gasteiger partial charge in [0.05, 0.1) is 10.7 Å². The molecule has 3 rings (SSSR count). The van der Waals surface area contributed by atoms with Crippen LogP contribution in [0.5, 0.6) is 0 Å². The van der Waals surface area contributed by atoms with Crippen molar-refractivity contribution in [2.75, 3.05) is 10.6 Å². The summed E-state index contributed by atoms with van der Waals surface area (Å²) in [6, 6.07) is 6.12. The molecule has 4 atom stereocenters. The second kappa shape index (κ2) is 5.72. The van der Waals surface area contributed by atoms with Gasteiger partial charge in [0.15, 0.2) is 0 Å². The van der Waals surface area contributed by atoms with E-state index in [0.29, 0.717) is 22.7 Å². The summed E-state index contributed by atoms with van der Waals surface area (Å²) < 4.78 is 0. The van der Waals surface area contributed by atoms with Crippen molar-refractivity contribution in [1.29, 1.82) is 0 Å². The Balaban J connectivity index is 1.66. The van der Waals surface area contributed by atoms with Gasteiger partial charge in [-0.2, -0.15) is 0 Å². The monoisotopic (exact) mass is 304 g/mol. The second-order valence-corrected chi connectivity index (χ2v) is 6.66. The smallest absolute Gasteiger partial charge is 0.221 e. The summed E-state index contributed by atoms with van der Waals surface area (Å²) in [5.41, 5.74) is 1.67. The molecule has 0 aliphatic heterocycles. The highest BCUT2D eigenvalue weighted by Crippen LogP contribution is 2.45. The summed E-state index contributed by atoms with van der Waals surface area (Å²) in [6.07, 6.45) is 7.35. The lowest BCUT2D eigenvalue weighted by molar-refractivity contribution is -0.114. The van der Waals surface area contributed by atoms with Gasteiger partial charge in [-0.05, 0) is 55.7 Å². The van der Waals surface area contributed by atoms with Crippen LogP contribution in [0, 0.1) is 17.8 Å². The highest BCUT2D eigenvalue weighted by atomic mass is 35.5. The number of hydrogen-bond acceptors (Lipinski definition) is 2. The summed E-state index contributed by atoms with van der Waals surface area (Å²) in [6.45, 7) is 3.72. The number of carbonyl (C=O) groups excluding carboxylic acids is 1. The third-order valence-electron chi connectivity index (χ3n) is 4.65. The van der Waals surface area contributed by atoms with Crippen molar-refractivity contribution in [2.45, 2.75) is 32.7 Å². The topological polar surface area (TPSA) is 41.1 Å². The molecule has 0 aromatic heterocycles. The molecular weight excluding hydrogens is 284 g/mol. The molecule has 1 amide bonds. The summed E-state index contributed by atoms with van der Waals surface area (Å²) in [7, 11) is 0. The SMILES string of the molecule is CC(=O)Nc1ccc(NC(C)C2CC3C=CC2C3)cc1Cl. The van der Waals surface area contributed by atoms with Crippen LogP contribution in [0.15, 0.2) is 30.4 Å². The quantitative estimate of drug-likeness (QED) is 0.814. The first-order valence-corrected chi connectivity index (χ1v) is 7.92. The van der Waals surface area contributed by atoms with Crippen molar-refractivity contribution < 1.29 is 4.79 Å². The van der Waals surface area contributed by atoms with Gasteiger partial charge in [0, 0.05) is 18.7 Å². The number of benzene rings is 1. The molecule has 2 bridgehead atoms. The van der Waals surface area contributed by atoms with Crippen LogP contribution in [0.25, 0.3) is 0 Å². The molecule has 4 unspecified atom stereocenters. The molecule has 1 fully saturated rings. The predicted molar refractivity (Wildman–Crippen MR) is 87.7 cm³/mol. The lowest BCUT2D eigenvalue weighted by Crippen LogP contribution is -2.28. The Morgan fingerprint density at radius 3 is 2.71 bits per heavy atom. The lowest BCUT2D eigenvalue weighted by Gasteiger charge is -2.27. The summed E-state index contributed by atoms with van der Waals surface area (Å²) in [4.78, 5) is 11.1. The number of rotatable bonds is 4. The van der Waals surface area contributed by atoms with Gasteiger partial charge in [0.1, 0.15) is 0 Å². The van der Waals surface area contributed by atoms with Gasteiger partial charge in [0.2, 0.25) is 5.91 Å². The maximum absolute atomic E-state index is 11.1. The summed E-state index contributed by atoms with van der Waals surface area (Å²) >= 11 is 6.21. The lowest BCUT2D eigenvalue weighted by atomic mass is 9.87. The number of fused-ring (bicyclic) bond motifs is 2. The third kappa shape index (κ3) is 3.08. The average molecular weight is 305 g/mol. The zero-order valence-electron chi connectivity index (χ0n) is 12.4. The normalized spacial score (nSPS) is 27.7. The van der Waals surface area contributed by atoms with Crippen molar-refractivity contribution in [3.63, 3.8) is 0 Å². The summed E-state index contributed by atoms with van der Waals surface area (Å²) in [5.74, 6) is 2.11. The van der Waals surface area contributed by atoms with E-state index >= 15 is 0 Å². The molecule has 3 nitrogen and oxygen atoms in total. The molecular formula is C17H21ClN2O. The Kier molecular flexibility index (Phi) is 3.94. The number of amides is 1. The van der Waals surface area contributed by atoms with Gasteiger partial charge < -0.3 is 10.6 Å². The van der Waals surface area contributed by atoms with Gasteiger partial charge in [-0.3, -0.25) is 4.79 Å². The van der Waals surface area contributed by atoms with Gasteiger partial charge in [-0.25, -0.2) is 0 Å². The van der Waals surface area contributed by atoms with Crippen LogP contribution in [0.1, 0.15) is 26.7 Å². The standard InChI is InChI=1S/C17H21ClN2O/c1-10(15-8-12-3-4-13(15)7-12)19-14-5-6-17(16(18)9-14)20-11(2)21/h3-6,9-10,12-13,15,19H,7-8H2,1-2H3,(H,20,21). The van der Waals surface area contributed by atoms with E-state index in [4.69, 9.17) is 11.6 Å². The van der Waals surface area contributed by atoms with E-state index in [1.807, 2.05) is 18.2 Å². The van der Waals surface area contributed by atoms with E-state index in [0.717, 1.165) is 17.5 Å². The molecule has 2 aliphatic rings. The molecule has 21 heavy (non-hydrogen) atoms. The molecule has 4 heteroatoms. The second-order valence-electron chi connectivity index (χ2n) is 6.25. The highest BCUT2D eigenvalue weighted by molar-refractivity contribution is 6.34. The van der Waals surface area contributed by atoms with Crippen molar-refractivity contribution in [3.05, 3.63) is 35.4 Å². The molecule has 2 aliphatic carbocycles. The molecule has 2 N–H and O–H groups in total. The van der Waals surface area contributed by atoms with E-state index in [9.17, 15) is 4.79 Å².